The van der Waals surface area contributed by atoms with Crippen molar-refractivity contribution in [1.29, 1.82) is 0 Å². The van der Waals surface area contributed by atoms with Crippen molar-refractivity contribution < 1.29 is 55.4 Å². The van der Waals surface area contributed by atoms with Crippen LogP contribution < -0.4 is 10.6 Å². The van der Waals surface area contributed by atoms with Gasteiger partial charge in [-0.3, -0.25) is 23.9 Å². The van der Waals surface area contributed by atoms with Gasteiger partial charge in [0, 0.05) is 19.0 Å². The lowest BCUT2D eigenvalue weighted by molar-refractivity contribution is -0.321. The third-order valence-corrected chi connectivity index (χ3v) is 6.36. The molecular weight excluding hydrogens is 480 g/mol. The van der Waals surface area contributed by atoms with E-state index in [4.69, 9.17) is 0 Å². The predicted octanol–water partition coefficient (Wildman–Crippen LogP) is 0.407. The number of ketones is 1. The van der Waals surface area contributed by atoms with Gasteiger partial charge in [0.25, 0.3) is 5.91 Å². The Bertz CT molecular complexity index is 843. The molecule has 0 bridgehead atoms. The first-order valence-electron chi connectivity index (χ1n) is 10.5. The van der Waals surface area contributed by atoms with Crippen molar-refractivity contribution in [3.8, 4) is 0 Å². The number of nitrogens with zero attached hydrogens (tertiary/aromatic N) is 1. The Kier molecular flexibility index (Phi) is 7.18. The molecule has 1 saturated carbocycles. The number of aliphatic hydroxyl groups is 1. The average molecular weight is 503 g/mol. The average Bonchev–Trinajstić information content (AvgIpc) is 3.18. The minimum absolute atomic E-state index is 0.0287. The summed E-state index contributed by atoms with van der Waals surface area (Å²) in [6, 6.07) is -3.08. The van der Waals surface area contributed by atoms with E-state index >= 15 is 0 Å². The molecule has 0 radical (unpaired) electrons. The van der Waals surface area contributed by atoms with Crippen molar-refractivity contribution in [3.05, 3.63) is 0 Å². The summed E-state index contributed by atoms with van der Waals surface area (Å²) in [6.45, 7) is -1.40. The molecule has 3 rings (SSSR count). The summed E-state index contributed by atoms with van der Waals surface area (Å²) in [5, 5.41) is 14.1. The number of likely N-dealkylation sites (tertiary alicyclic amines) is 1. The third kappa shape index (κ3) is 6.17. The highest BCUT2D eigenvalue weighted by Crippen LogP contribution is 2.55. The summed E-state index contributed by atoms with van der Waals surface area (Å²) in [5.41, 5.74) is -0.590. The van der Waals surface area contributed by atoms with Crippen molar-refractivity contribution in [3.63, 3.8) is 0 Å². The van der Waals surface area contributed by atoms with Crippen molar-refractivity contribution in [2.75, 3.05) is 19.7 Å². The molecule has 0 aromatic carbocycles. The number of alkyl halides is 6. The number of ether oxygens (including phenoxy) is 1. The van der Waals surface area contributed by atoms with Crippen LogP contribution in [0, 0.1) is 11.3 Å². The van der Waals surface area contributed by atoms with Crippen LogP contribution >= 0.6 is 0 Å². The van der Waals surface area contributed by atoms with Crippen LogP contribution in [0.3, 0.4) is 0 Å². The molecule has 4 atom stereocenters. The molecule has 2 saturated heterocycles. The fourth-order valence-corrected chi connectivity index (χ4v) is 4.31. The van der Waals surface area contributed by atoms with Crippen LogP contribution in [0.25, 0.3) is 0 Å². The van der Waals surface area contributed by atoms with Crippen LogP contribution in [0.2, 0.25) is 0 Å². The fourth-order valence-electron chi connectivity index (χ4n) is 4.31. The largest absolute Gasteiger partial charge is 0.522 e. The van der Waals surface area contributed by atoms with Crippen molar-refractivity contribution in [2.24, 2.45) is 11.3 Å². The number of carbonyl (C=O) groups excluding carboxylic acids is 4. The Morgan fingerprint density at radius 3 is 2.35 bits per heavy atom. The number of aliphatic hydroxyl groups excluding tert-OH is 1. The zero-order chi connectivity index (χ0) is 25.5. The number of nitrogens with one attached hydrogen (secondary N) is 2. The monoisotopic (exact) mass is 503 g/mol. The van der Waals surface area contributed by atoms with E-state index in [9.17, 15) is 50.6 Å². The zero-order valence-electron chi connectivity index (χ0n) is 17.7. The van der Waals surface area contributed by atoms with Crippen molar-refractivity contribution in [2.45, 2.75) is 62.8 Å². The zero-order valence-corrected chi connectivity index (χ0v) is 17.7. The fraction of sp³-hybridized carbons (Fsp3) is 0.789. The van der Waals surface area contributed by atoms with Crippen LogP contribution in [0.1, 0.15) is 32.1 Å². The van der Waals surface area contributed by atoms with Gasteiger partial charge in [-0.05, 0) is 37.5 Å². The Balaban J connectivity index is 1.75. The lowest BCUT2D eigenvalue weighted by Gasteiger charge is -2.28. The molecule has 1 spiro atoms. The second-order valence-electron chi connectivity index (χ2n) is 8.90. The molecule has 3 fully saturated rings. The lowest BCUT2D eigenvalue weighted by atomic mass is 9.95. The third-order valence-electron chi connectivity index (χ3n) is 6.36. The van der Waals surface area contributed by atoms with Gasteiger partial charge in [-0.2, -0.15) is 13.2 Å². The first-order chi connectivity index (χ1) is 15.6. The summed E-state index contributed by atoms with van der Waals surface area (Å²) in [4.78, 5) is 50.1. The normalized spacial score (nSPS) is 25.7. The van der Waals surface area contributed by atoms with E-state index in [0.717, 1.165) is 0 Å². The molecule has 0 unspecified atom stereocenters. The van der Waals surface area contributed by atoms with Gasteiger partial charge in [-0.25, -0.2) is 0 Å². The highest BCUT2D eigenvalue weighted by atomic mass is 19.4. The first kappa shape index (κ1) is 26.2. The summed E-state index contributed by atoms with van der Waals surface area (Å²) in [7, 11) is 0. The first-order valence-corrected chi connectivity index (χ1v) is 10.5. The molecule has 192 valence electrons. The summed E-state index contributed by atoms with van der Waals surface area (Å²) < 4.78 is 79.2. The maximum atomic E-state index is 12.9. The van der Waals surface area contributed by atoms with Gasteiger partial charge in [0.1, 0.15) is 12.6 Å². The number of rotatable bonds is 8. The molecule has 3 amide bonds. The number of Topliss-reactive ketones (excluding diaryl/α,β-unsaturated/α-hetero) is 1. The van der Waals surface area contributed by atoms with E-state index in [1.54, 1.807) is 0 Å². The van der Waals surface area contributed by atoms with Crippen molar-refractivity contribution in [1.82, 2.24) is 15.5 Å². The number of halogens is 6. The van der Waals surface area contributed by atoms with Gasteiger partial charge in [0.15, 0.2) is 5.78 Å². The van der Waals surface area contributed by atoms with E-state index in [0.29, 0.717) is 17.7 Å². The lowest BCUT2D eigenvalue weighted by Crippen LogP contribution is -2.55. The molecule has 2 aliphatic heterocycles. The highest BCUT2D eigenvalue weighted by Gasteiger charge is 2.58. The molecule has 15 heteroatoms. The number of amides is 3. The Hall–Kier alpha value is -2.42. The number of carbonyl (C=O) groups is 4. The standard InChI is InChI=1S/C19H23F6N3O6/c20-18(21,22)13(30)16(33)28-8-17(2-3-17)6-11(28)15(32)27-10(5-9-1-4-26-14(9)31)12(29)7-34-19(23,24)25/h9-11,13,30H,1-8H2,(H,26,31)(H,27,32)/t9-,10-,11-,13+/m0/s1. The van der Waals surface area contributed by atoms with Gasteiger partial charge in [0.05, 0.1) is 6.04 Å². The predicted molar refractivity (Wildman–Crippen MR) is 98.5 cm³/mol. The Morgan fingerprint density at radius 1 is 1.21 bits per heavy atom. The summed E-state index contributed by atoms with van der Waals surface area (Å²) >= 11 is 0. The SMILES string of the molecule is O=C1NCC[C@H]1C[C@H](NC(=O)[C@@H]1CC2(CC2)CN1C(=O)[C@@H](O)C(F)(F)F)C(=O)COC(F)(F)F. The highest BCUT2D eigenvalue weighted by molar-refractivity contribution is 5.95. The van der Waals surface area contributed by atoms with Crippen LogP contribution in [-0.4, -0.2) is 83.9 Å². The number of hydrogen-bond acceptors (Lipinski definition) is 6. The Labute approximate surface area is 189 Å². The van der Waals surface area contributed by atoms with Gasteiger partial charge >= 0.3 is 12.5 Å². The minimum atomic E-state index is -5.26. The van der Waals surface area contributed by atoms with E-state index in [2.05, 4.69) is 15.4 Å². The molecular formula is C19H23F6N3O6. The van der Waals surface area contributed by atoms with Gasteiger partial charge in [0.2, 0.25) is 17.9 Å². The smallest absolute Gasteiger partial charge is 0.376 e. The molecule has 9 nitrogen and oxygen atoms in total. The van der Waals surface area contributed by atoms with E-state index in [1.165, 1.54) is 0 Å². The van der Waals surface area contributed by atoms with Crippen molar-refractivity contribution >= 4 is 23.5 Å². The summed E-state index contributed by atoms with van der Waals surface area (Å²) in [6.07, 6.45) is -12.8. The second-order valence-corrected chi connectivity index (χ2v) is 8.90. The molecule has 1 aliphatic carbocycles. The van der Waals surface area contributed by atoms with E-state index in [1.807, 2.05) is 0 Å². The van der Waals surface area contributed by atoms with Crippen LogP contribution in [0.15, 0.2) is 0 Å². The minimum Gasteiger partial charge on any atom is -0.376 e. The van der Waals surface area contributed by atoms with Gasteiger partial charge < -0.3 is 20.6 Å². The molecule has 34 heavy (non-hydrogen) atoms. The quantitative estimate of drug-likeness (QED) is 0.412. The maximum absolute atomic E-state index is 12.9. The molecule has 0 aromatic rings. The van der Waals surface area contributed by atoms with Gasteiger partial charge in [-0.15, -0.1) is 13.2 Å². The molecule has 2 heterocycles. The van der Waals surface area contributed by atoms with E-state index < -0.39 is 72.2 Å². The van der Waals surface area contributed by atoms with Crippen LogP contribution in [0.5, 0.6) is 0 Å². The second kappa shape index (κ2) is 9.32. The molecule has 0 aromatic heterocycles. The van der Waals surface area contributed by atoms with Gasteiger partial charge in [-0.1, -0.05) is 0 Å². The topological polar surface area (TPSA) is 125 Å². The molecule has 3 N–H and O–H groups in total. The summed E-state index contributed by atoms with van der Waals surface area (Å²) in [5.74, 6) is -5.24. The van der Waals surface area contributed by atoms with Crippen LogP contribution in [0.4, 0.5) is 26.3 Å². The Morgan fingerprint density at radius 2 is 1.85 bits per heavy atom. The maximum Gasteiger partial charge on any atom is 0.522 e. The van der Waals surface area contributed by atoms with E-state index in [-0.39, 0.29) is 32.4 Å². The number of hydrogen-bond donors (Lipinski definition) is 3. The molecule has 3 aliphatic rings. The van der Waals surface area contributed by atoms with Crippen LogP contribution in [-0.2, 0) is 23.9 Å².